The molecule has 0 amide bonds. The molecular weight excluding hydrogens is 252 g/mol. The number of ether oxygens (including phenoxy) is 1. The zero-order valence-electron chi connectivity index (χ0n) is 11.0. The number of rotatable bonds is 5. The first-order chi connectivity index (χ1) is 8.23. The maximum Gasteiger partial charge on any atom is 0.184 e. The van der Waals surface area contributed by atoms with Crippen LogP contribution in [0.1, 0.15) is 31.1 Å². The summed E-state index contributed by atoms with van der Waals surface area (Å²) in [6, 6.07) is 6.69. The lowest BCUT2D eigenvalue weighted by atomic mass is 10.1. The van der Waals surface area contributed by atoms with Crippen LogP contribution in [0.3, 0.4) is 0 Å². The van der Waals surface area contributed by atoms with Crippen LogP contribution < -0.4 is 4.74 Å². The van der Waals surface area contributed by atoms with Crippen molar-refractivity contribution in [2.75, 3.05) is 6.26 Å². The Hall–Kier alpha value is -1.36. The fraction of sp³-hybridized carbons (Fsp3) is 0.462. The van der Waals surface area contributed by atoms with Crippen LogP contribution in [0.5, 0.6) is 5.75 Å². The van der Waals surface area contributed by atoms with Crippen molar-refractivity contribution in [2.24, 2.45) is 0 Å². The number of carbonyl (C=O) groups excluding carboxylic acids is 1. The first-order valence-corrected chi connectivity index (χ1v) is 7.67. The van der Waals surface area contributed by atoms with Crippen LogP contribution in [-0.4, -0.2) is 31.8 Å². The normalized spacial score (nSPS) is 13.4. The monoisotopic (exact) mass is 270 g/mol. The second kappa shape index (κ2) is 5.52. The van der Waals surface area contributed by atoms with E-state index in [4.69, 9.17) is 4.74 Å². The Morgan fingerprint density at radius 3 is 2.22 bits per heavy atom. The molecule has 1 unspecified atom stereocenters. The molecule has 4 nitrogen and oxygen atoms in total. The van der Waals surface area contributed by atoms with Gasteiger partial charge in [-0.2, -0.15) is 0 Å². The molecule has 0 bridgehead atoms. The Bertz CT molecular complexity index is 532. The van der Waals surface area contributed by atoms with Gasteiger partial charge in [-0.3, -0.25) is 4.79 Å². The van der Waals surface area contributed by atoms with Crippen molar-refractivity contribution in [3.05, 3.63) is 29.8 Å². The van der Waals surface area contributed by atoms with E-state index in [1.807, 2.05) is 13.8 Å². The molecule has 0 radical (unpaired) electrons. The molecule has 0 N–H and O–H groups in total. The summed E-state index contributed by atoms with van der Waals surface area (Å²) in [5.41, 5.74) is 0.309. The van der Waals surface area contributed by atoms with Gasteiger partial charge in [0.05, 0.1) is 11.7 Å². The second-order valence-corrected chi connectivity index (χ2v) is 6.86. The van der Waals surface area contributed by atoms with Gasteiger partial charge in [-0.1, -0.05) is 12.1 Å². The minimum atomic E-state index is -3.40. The summed E-state index contributed by atoms with van der Waals surface area (Å²) in [7, 11) is -3.40. The van der Waals surface area contributed by atoms with Crippen molar-refractivity contribution in [1.29, 1.82) is 0 Å². The van der Waals surface area contributed by atoms with Crippen LogP contribution in [0, 0.1) is 0 Å². The molecule has 0 saturated heterocycles. The van der Waals surface area contributed by atoms with Gasteiger partial charge in [0.15, 0.2) is 15.6 Å². The third-order valence-corrected chi connectivity index (χ3v) is 4.03. The highest BCUT2D eigenvalue weighted by Gasteiger charge is 2.27. The van der Waals surface area contributed by atoms with Gasteiger partial charge in [0, 0.05) is 6.26 Å². The molecule has 100 valence electrons. The summed E-state index contributed by atoms with van der Waals surface area (Å²) in [5, 5.41) is -1.06. The zero-order chi connectivity index (χ0) is 13.9. The zero-order valence-corrected chi connectivity index (χ0v) is 11.8. The van der Waals surface area contributed by atoms with Gasteiger partial charge < -0.3 is 4.74 Å². The Morgan fingerprint density at radius 2 is 1.72 bits per heavy atom. The third-order valence-electron chi connectivity index (χ3n) is 2.53. The molecule has 0 aromatic heterocycles. The van der Waals surface area contributed by atoms with Gasteiger partial charge in [0.1, 0.15) is 11.0 Å². The molecule has 1 atom stereocenters. The number of ketones is 1. The van der Waals surface area contributed by atoms with Crippen LogP contribution in [-0.2, 0) is 9.84 Å². The van der Waals surface area contributed by atoms with E-state index < -0.39 is 20.9 Å². The number of benzene rings is 1. The van der Waals surface area contributed by atoms with E-state index in [-0.39, 0.29) is 6.10 Å². The average Bonchev–Trinajstić information content (AvgIpc) is 2.26. The van der Waals surface area contributed by atoms with E-state index in [0.29, 0.717) is 11.3 Å². The van der Waals surface area contributed by atoms with E-state index in [1.165, 1.54) is 6.92 Å². The van der Waals surface area contributed by atoms with Crippen molar-refractivity contribution in [2.45, 2.75) is 32.1 Å². The summed E-state index contributed by atoms with van der Waals surface area (Å²) in [6.45, 7) is 5.09. The summed E-state index contributed by atoms with van der Waals surface area (Å²) in [6.07, 6.45) is 0.981. The summed E-state index contributed by atoms with van der Waals surface area (Å²) in [4.78, 5) is 12.1. The summed E-state index contributed by atoms with van der Waals surface area (Å²) in [5.74, 6) is -0.0123. The van der Waals surface area contributed by atoms with Crippen LogP contribution in [0.25, 0.3) is 0 Å². The topological polar surface area (TPSA) is 60.4 Å². The Kier molecular flexibility index (Phi) is 4.51. The van der Waals surface area contributed by atoms with E-state index in [0.717, 1.165) is 6.26 Å². The highest BCUT2D eigenvalue weighted by Crippen LogP contribution is 2.22. The number of sulfone groups is 1. The molecule has 0 spiro atoms. The number of hydrogen-bond acceptors (Lipinski definition) is 4. The third kappa shape index (κ3) is 3.57. The van der Waals surface area contributed by atoms with Crippen molar-refractivity contribution in [1.82, 2.24) is 0 Å². The lowest BCUT2D eigenvalue weighted by Gasteiger charge is -2.15. The average molecular weight is 270 g/mol. The number of para-hydroxylation sites is 1. The quantitative estimate of drug-likeness (QED) is 0.769. The molecule has 0 aliphatic heterocycles. The van der Waals surface area contributed by atoms with Gasteiger partial charge in [-0.05, 0) is 32.9 Å². The second-order valence-electron chi connectivity index (χ2n) is 4.50. The van der Waals surface area contributed by atoms with Gasteiger partial charge >= 0.3 is 0 Å². The molecule has 0 aliphatic carbocycles. The molecule has 0 fully saturated rings. The number of hydrogen-bond donors (Lipinski definition) is 0. The van der Waals surface area contributed by atoms with Gasteiger partial charge in [0.2, 0.25) is 0 Å². The summed E-state index contributed by atoms with van der Waals surface area (Å²) < 4.78 is 28.3. The first kappa shape index (κ1) is 14.7. The van der Waals surface area contributed by atoms with Crippen LogP contribution in [0.15, 0.2) is 24.3 Å². The lowest BCUT2D eigenvalue weighted by Crippen LogP contribution is -2.27. The number of carbonyl (C=O) groups is 1. The van der Waals surface area contributed by atoms with E-state index in [9.17, 15) is 13.2 Å². The Balaban J connectivity index is 3.13. The summed E-state index contributed by atoms with van der Waals surface area (Å²) >= 11 is 0. The SMILES string of the molecule is CC(C)Oc1ccccc1C(=O)C(C)S(C)(=O)=O. The fourth-order valence-corrected chi connectivity index (χ4v) is 1.96. The molecule has 1 rings (SSSR count). The van der Waals surface area contributed by atoms with Crippen molar-refractivity contribution < 1.29 is 17.9 Å². The predicted octanol–water partition coefficient (Wildman–Crippen LogP) is 2.09. The maximum absolute atomic E-state index is 12.1. The van der Waals surface area contributed by atoms with Gasteiger partial charge in [-0.25, -0.2) is 8.42 Å². The lowest BCUT2D eigenvalue weighted by molar-refractivity contribution is 0.0986. The van der Waals surface area contributed by atoms with Crippen LogP contribution in [0.2, 0.25) is 0 Å². The molecule has 1 aromatic rings. The van der Waals surface area contributed by atoms with Crippen molar-refractivity contribution >= 4 is 15.6 Å². The first-order valence-electron chi connectivity index (χ1n) is 5.72. The van der Waals surface area contributed by atoms with Crippen LogP contribution >= 0.6 is 0 Å². The maximum atomic E-state index is 12.1. The Labute approximate surface area is 108 Å². The Morgan fingerprint density at radius 1 is 1.17 bits per heavy atom. The molecule has 5 heteroatoms. The van der Waals surface area contributed by atoms with Gasteiger partial charge in [0.25, 0.3) is 0 Å². The van der Waals surface area contributed by atoms with E-state index in [1.54, 1.807) is 24.3 Å². The minimum Gasteiger partial charge on any atom is -0.490 e. The predicted molar refractivity (Wildman–Crippen MR) is 70.8 cm³/mol. The van der Waals surface area contributed by atoms with E-state index in [2.05, 4.69) is 0 Å². The van der Waals surface area contributed by atoms with E-state index >= 15 is 0 Å². The molecule has 18 heavy (non-hydrogen) atoms. The van der Waals surface area contributed by atoms with Crippen LogP contribution in [0.4, 0.5) is 0 Å². The molecule has 0 aliphatic rings. The van der Waals surface area contributed by atoms with Crippen molar-refractivity contribution in [3.63, 3.8) is 0 Å². The number of Topliss-reactive ketones (excluding diaryl/α,β-unsaturated/α-hetero) is 1. The van der Waals surface area contributed by atoms with Crippen molar-refractivity contribution in [3.8, 4) is 5.75 Å². The fourth-order valence-electron chi connectivity index (χ4n) is 1.44. The minimum absolute atomic E-state index is 0.0764. The van der Waals surface area contributed by atoms with Gasteiger partial charge in [-0.15, -0.1) is 0 Å². The highest BCUT2D eigenvalue weighted by atomic mass is 32.2. The molecule has 1 aromatic carbocycles. The smallest absolute Gasteiger partial charge is 0.184 e. The molecule has 0 saturated carbocycles. The largest absolute Gasteiger partial charge is 0.490 e. The highest BCUT2D eigenvalue weighted by molar-refractivity contribution is 7.92. The molecule has 0 heterocycles. The molecular formula is C13H18O4S. The standard InChI is InChI=1S/C13H18O4S/c1-9(2)17-12-8-6-5-7-11(12)13(14)10(3)18(4,15)16/h5-10H,1-4H3.